The molecule has 0 atom stereocenters. The summed E-state index contributed by atoms with van der Waals surface area (Å²) in [7, 11) is 0. The average molecular weight is 205 g/mol. The van der Waals surface area contributed by atoms with Crippen LogP contribution in [0.5, 0.6) is 0 Å². The predicted octanol–water partition coefficient (Wildman–Crippen LogP) is 0.343. The van der Waals surface area contributed by atoms with E-state index in [2.05, 4.69) is 4.98 Å². The zero-order valence-corrected chi connectivity index (χ0v) is 8.09. The van der Waals surface area contributed by atoms with Gasteiger partial charge in [-0.05, 0) is 12.1 Å². The first-order valence-corrected chi connectivity index (χ1v) is 4.57. The van der Waals surface area contributed by atoms with Gasteiger partial charge in [-0.15, -0.1) is 0 Å². The fraction of sp³-hybridized carbons (Fsp3) is 0.200. The van der Waals surface area contributed by atoms with Gasteiger partial charge in [0.1, 0.15) is 5.76 Å². The molecule has 0 aliphatic rings. The smallest absolute Gasteiger partial charge is 0.277 e. The molecule has 0 saturated heterocycles. The first-order chi connectivity index (χ1) is 7.29. The molecule has 0 amide bonds. The standard InChI is InChI=1S/C10H11N3O2/c11-4-8-5-13(7-12-10(8)14)6-9-2-1-3-15-9/h1-3,5,7H,4,6,11H2. The molecule has 2 aromatic rings. The van der Waals surface area contributed by atoms with E-state index in [-0.39, 0.29) is 12.1 Å². The monoisotopic (exact) mass is 205 g/mol. The number of aromatic nitrogens is 2. The van der Waals surface area contributed by atoms with E-state index >= 15 is 0 Å². The van der Waals surface area contributed by atoms with Crippen molar-refractivity contribution in [2.45, 2.75) is 13.1 Å². The summed E-state index contributed by atoms with van der Waals surface area (Å²) in [6.45, 7) is 0.748. The maximum Gasteiger partial charge on any atom is 0.277 e. The molecular formula is C10H11N3O2. The van der Waals surface area contributed by atoms with Crippen LogP contribution >= 0.6 is 0 Å². The lowest BCUT2D eigenvalue weighted by Crippen LogP contribution is -2.19. The van der Waals surface area contributed by atoms with Crippen LogP contribution < -0.4 is 11.3 Å². The Morgan fingerprint density at radius 1 is 1.53 bits per heavy atom. The van der Waals surface area contributed by atoms with Gasteiger partial charge in [0.15, 0.2) is 0 Å². The predicted molar refractivity (Wildman–Crippen MR) is 54.2 cm³/mol. The molecule has 0 bridgehead atoms. The third-order valence-electron chi connectivity index (χ3n) is 2.06. The molecule has 2 N–H and O–H groups in total. The van der Waals surface area contributed by atoms with Crippen molar-refractivity contribution in [2.24, 2.45) is 5.73 Å². The molecule has 0 fully saturated rings. The first kappa shape index (κ1) is 9.67. The second-order valence-electron chi connectivity index (χ2n) is 3.16. The normalized spacial score (nSPS) is 10.5. The van der Waals surface area contributed by atoms with Gasteiger partial charge in [-0.3, -0.25) is 4.79 Å². The summed E-state index contributed by atoms with van der Waals surface area (Å²) in [6, 6.07) is 3.68. The van der Waals surface area contributed by atoms with E-state index in [1.165, 1.54) is 6.33 Å². The van der Waals surface area contributed by atoms with Gasteiger partial charge >= 0.3 is 0 Å². The maximum absolute atomic E-state index is 11.2. The van der Waals surface area contributed by atoms with E-state index < -0.39 is 0 Å². The van der Waals surface area contributed by atoms with Crippen LogP contribution in [0.4, 0.5) is 0 Å². The summed E-state index contributed by atoms with van der Waals surface area (Å²) in [4.78, 5) is 14.9. The van der Waals surface area contributed by atoms with Crippen molar-refractivity contribution in [3.8, 4) is 0 Å². The number of hydrogen-bond acceptors (Lipinski definition) is 4. The third kappa shape index (κ3) is 2.13. The summed E-state index contributed by atoms with van der Waals surface area (Å²) in [5.74, 6) is 0.809. The van der Waals surface area contributed by atoms with E-state index in [0.717, 1.165) is 5.76 Å². The molecule has 0 aliphatic carbocycles. The minimum atomic E-state index is -0.270. The van der Waals surface area contributed by atoms with Crippen LogP contribution in [0.15, 0.2) is 40.1 Å². The fourth-order valence-electron chi connectivity index (χ4n) is 1.31. The maximum atomic E-state index is 11.2. The van der Waals surface area contributed by atoms with E-state index in [4.69, 9.17) is 10.2 Å². The Labute approximate surface area is 86.2 Å². The molecule has 0 saturated carbocycles. The van der Waals surface area contributed by atoms with Gasteiger partial charge in [-0.25, -0.2) is 0 Å². The molecule has 2 heterocycles. The van der Waals surface area contributed by atoms with Crippen molar-refractivity contribution in [2.75, 3.05) is 0 Å². The highest BCUT2D eigenvalue weighted by Gasteiger charge is 2.01. The molecule has 5 heteroatoms. The lowest BCUT2D eigenvalue weighted by Gasteiger charge is -2.04. The second-order valence-corrected chi connectivity index (χ2v) is 3.16. The number of nitrogens with zero attached hydrogens (tertiary/aromatic N) is 2. The number of nitrogens with two attached hydrogens (primary N) is 1. The molecule has 0 aliphatic heterocycles. The fourth-order valence-corrected chi connectivity index (χ4v) is 1.31. The van der Waals surface area contributed by atoms with Crippen molar-refractivity contribution in [1.29, 1.82) is 0 Å². The first-order valence-electron chi connectivity index (χ1n) is 4.57. The van der Waals surface area contributed by atoms with Crippen LogP contribution in [-0.4, -0.2) is 9.55 Å². The molecule has 5 nitrogen and oxygen atoms in total. The van der Waals surface area contributed by atoms with Gasteiger partial charge in [-0.2, -0.15) is 4.98 Å². The number of hydrogen-bond donors (Lipinski definition) is 1. The highest BCUT2D eigenvalue weighted by atomic mass is 16.3. The molecule has 2 aromatic heterocycles. The Morgan fingerprint density at radius 2 is 2.40 bits per heavy atom. The van der Waals surface area contributed by atoms with Gasteiger partial charge in [0.2, 0.25) is 0 Å². The van der Waals surface area contributed by atoms with Crippen molar-refractivity contribution in [1.82, 2.24) is 9.55 Å². The molecule has 15 heavy (non-hydrogen) atoms. The molecule has 78 valence electrons. The van der Waals surface area contributed by atoms with Crippen LogP contribution in [0.3, 0.4) is 0 Å². The Morgan fingerprint density at radius 3 is 3.07 bits per heavy atom. The van der Waals surface area contributed by atoms with Crippen LogP contribution in [0.1, 0.15) is 11.3 Å². The highest BCUT2D eigenvalue weighted by Crippen LogP contribution is 2.02. The van der Waals surface area contributed by atoms with Gasteiger partial charge in [0.25, 0.3) is 5.56 Å². The van der Waals surface area contributed by atoms with Crippen molar-refractivity contribution in [3.05, 3.63) is 52.6 Å². The van der Waals surface area contributed by atoms with Gasteiger partial charge < -0.3 is 14.7 Å². The van der Waals surface area contributed by atoms with Crippen LogP contribution in [0, 0.1) is 0 Å². The summed E-state index contributed by atoms with van der Waals surface area (Å²) in [5, 5.41) is 0. The molecule has 0 aromatic carbocycles. The van der Waals surface area contributed by atoms with Crippen molar-refractivity contribution >= 4 is 0 Å². The molecule has 0 unspecified atom stereocenters. The third-order valence-corrected chi connectivity index (χ3v) is 2.06. The summed E-state index contributed by atoms with van der Waals surface area (Å²) < 4.78 is 6.95. The second kappa shape index (κ2) is 4.10. The largest absolute Gasteiger partial charge is 0.467 e. The van der Waals surface area contributed by atoms with Crippen molar-refractivity contribution in [3.63, 3.8) is 0 Å². The molecule has 2 rings (SSSR count). The Kier molecular flexibility index (Phi) is 2.64. The zero-order valence-electron chi connectivity index (χ0n) is 8.09. The number of rotatable bonds is 3. The van der Waals surface area contributed by atoms with Crippen molar-refractivity contribution < 1.29 is 4.42 Å². The Hall–Kier alpha value is -1.88. The van der Waals surface area contributed by atoms with E-state index in [0.29, 0.717) is 12.1 Å². The highest BCUT2D eigenvalue weighted by molar-refractivity contribution is 5.05. The van der Waals surface area contributed by atoms with E-state index in [1.807, 2.05) is 12.1 Å². The zero-order chi connectivity index (χ0) is 10.7. The van der Waals surface area contributed by atoms with Crippen LogP contribution in [0.25, 0.3) is 0 Å². The quantitative estimate of drug-likeness (QED) is 0.784. The summed E-state index contributed by atoms with van der Waals surface area (Å²) in [6.07, 6.45) is 4.77. The Bertz CT molecular complexity index is 488. The minimum Gasteiger partial charge on any atom is -0.467 e. The van der Waals surface area contributed by atoms with Crippen LogP contribution in [-0.2, 0) is 13.1 Å². The van der Waals surface area contributed by atoms with E-state index in [1.54, 1.807) is 17.0 Å². The van der Waals surface area contributed by atoms with Gasteiger partial charge in [0, 0.05) is 18.3 Å². The minimum absolute atomic E-state index is 0.199. The Balaban J connectivity index is 2.26. The lowest BCUT2D eigenvalue weighted by molar-refractivity contribution is 0.490. The summed E-state index contributed by atoms with van der Waals surface area (Å²) >= 11 is 0. The van der Waals surface area contributed by atoms with Gasteiger partial charge in [-0.1, -0.05) is 0 Å². The molecule has 0 spiro atoms. The molecular weight excluding hydrogens is 194 g/mol. The average Bonchev–Trinajstić information content (AvgIpc) is 2.73. The topological polar surface area (TPSA) is 74.1 Å². The molecule has 0 radical (unpaired) electrons. The van der Waals surface area contributed by atoms with Crippen LogP contribution in [0.2, 0.25) is 0 Å². The number of furan rings is 1. The SMILES string of the molecule is NCc1cn(Cc2ccco2)cnc1=O. The van der Waals surface area contributed by atoms with Gasteiger partial charge in [0.05, 0.1) is 19.1 Å². The van der Waals surface area contributed by atoms with E-state index in [9.17, 15) is 4.79 Å². The lowest BCUT2D eigenvalue weighted by atomic mass is 10.3. The summed E-state index contributed by atoms with van der Waals surface area (Å²) in [5.41, 5.74) is 5.65.